The first-order valence-electron chi connectivity index (χ1n) is 6.21. The Labute approximate surface area is 88.5 Å². The predicted molar refractivity (Wildman–Crippen MR) is 61.5 cm³/mol. The van der Waals surface area contributed by atoms with Crippen LogP contribution in [-0.2, 0) is 4.74 Å². The van der Waals surface area contributed by atoms with Crippen LogP contribution in [0.2, 0.25) is 0 Å². The van der Waals surface area contributed by atoms with Crippen molar-refractivity contribution < 1.29 is 4.74 Å². The zero-order chi connectivity index (χ0) is 10.1. The molecule has 1 aliphatic rings. The molecule has 0 aromatic carbocycles. The standard InChI is InChI=1S/C13H24O/c1-2-3-4-5-6-7-10-13-11-8-9-12-14-13/h8,11,13H,2-7,9-10,12H2,1H3. The van der Waals surface area contributed by atoms with Crippen LogP contribution in [0.5, 0.6) is 0 Å². The van der Waals surface area contributed by atoms with E-state index in [1.165, 1.54) is 44.9 Å². The Kier molecular flexibility index (Phi) is 6.77. The first-order valence-corrected chi connectivity index (χ1v) is 6.21. The lowest BCUT2D eigenvalue weighted by Gasteiger charge is -2.17. The van der Waals surface area contributed by atoms with Gasteiger partial charge in [-0.2, -0.15) is 0 Å². The number of rotatable bonds is 7. The van der Waals surface area contributed by atoms with Gasteiger partial charge in [0.2, 0.25) is 0 Å². The van der Waals surface area contributed by atoms with E-state index in [4.69, 9.17) is 4.74 Å². The highest BCUT2D eigenvalue weighted by Gasteiger charge is 2.07. The minimum absolute atomic E-state index is 0.426. The Morgan fingerprint density at radius 3 is 2.64 bits per heavy atom. The van der Waals surface area contributed by atoms with Crippen molar-refractivity contribution in [3.05, 3.63) is 12.2 Å². The van der Waals surface area contributed by atoms with Gasteiger partial charge < -0.3 is 4.74 Å². The molecule has 1 atom stereocenters. The van der Waals surface area contributed by atoms with Gasteiger partial charge in [0.05, 0.1) is 12.7 Å². The minimum atomic E-state index is 0.426. The monoisotopic (exact) mass is 196 g/mol. The van der Waals surface area contributed by atoms with Gasteiger partial charge in [0.25, 0.3) is 0 Å². The molecule has 0 amide bonds. The van der Waals surface area contributed by atoms with Crippen molar-refractivity contribution in [2.75, 3.05) is 6.61 Å². The summed E-state index contributed by atoms with van der Waals surface area (Å²) >= 11 is 0. The topological polar surface area (TPSA) is 9.23 Å². The van der Waals surface area contributed by atoms with Gasteiger partial charge in [0.15, 0.2) is 0 Å². The molecule has 1 rings (SSSR count). The molecular weight excluding hydrogens is 172 g/mol. The fourth-order valence-corrected chi connectivity index (χ4v) is 1.90. The third-order valence-corrected chi connectivity index (χ3v) is 2.81. The number of hydrogen-bond acceptors (Lipinski definition) is 1. The van der Waals surface area contributed by atoms with Crippen molar-refractivity contribution in [1.82, 2.24) is 0 Å². The van der Waals surface area contributed by atoms with Gasteiger partial charge in [-0.05, 0) is 12.8 Å². The van der Waals surface area contributed by atoms with Crippen LogP contribution in [0.25, 0.3) is 0 Å². The van der Waals surface area contributed by atoms with E-state index in [0.717, 1.165) is 13.0 Å². The normalized spacial score (nSPS) is 21.4. The number of hydrogen-bond donors (Lipinski definition) is 0. The summed E-state index contributed by atoms with van der Waals surface area (Å²) in [5, 5.41) is 0. The van der Waals surface area contributed by atoms with Crippen LogP contribution < -0.4 is 0 Å². The molecule has 0 N–H and O–H groups in total. The molecule has 0 aromatic heterocycles. The zero-order valence-electron chi connectivity index (χ0n) is 9.50. The van der Waals surface area contributed by atoms with Crippen molar-refractivity contribution >= 4 is 0 Å². The van der Waals surface area contributed by atoms with Crippen LogP contribution in [0.4, 0.5) is 0 Å². The lowest BCUT2D eigenvalue weighted by Crippen LogP contribution is -2.13. The smallest absolute Gasteiger partial charge is 0.0755 e. The molecule has 0 spiro atoms. The number of ether oxygens (including phenoxy) is 1. The predicted octanol–water partition coefficient (Wildman–Crippen LogP) is 4.08. The van der Waals surface area contributed by atoms with E-state index in [-0.39, 0.29) is 0 Å². The largest absolute Gasteiger partial charge is 0.374 e. The van der Waals surface area contributed by atoms with Gasteiger partial charge in [-0.25, -0.2) is 0 Å². The quantitative estimate of drug-likeness (QED) is 0.440. The van der Waals surface area contributed by atoms with Crippen LogP contribution in [0.15, 0.2) is 12.2 Å². The summed E-state index contributed by atoms with van der Waals surface area (Å²) in [5.41, 5.74) is 0. The Morgan fingerprint density at radius 1 is 1.14 bits per heavy atom. The highest BCUT2D eigenvalue weighted by atomic mass is 16.5. The van der Waals surface area contributed by atoms with Crippen molar-refractivity contribution in [3.8, 4) is 0 Å². The summed E-state index contributed by atoms with van der Waals surface area (Å²) in [7, 11) is 0. The second kappa shape index (κ2) is 8.05. The average Bonchev–Trinajstić information content (AvgIpc) is 2.25. The maximum atomic E-state index is 5.62. The van der Waals surface area contributed by atoms with Crippen molar-refractivity contribution in [1.29, 1.82) is 0 Å². The first-order chi connectivity index (χ1) is 6.93. The maximum Gasteiger partial charge on any atom is 0.0755 e. The van der Waals surface area contributed by atoms with E-state index in [1.807, 2.05) is 0 Å². The van der Waals surface area contributed by atoms with Crippen molar-refractivity contribution in [2.24, 2.45) is 0 Å². The third-order valence-electron chi connectivity index (χ3n) is 2.81. The summed E-state index contributed by atoms with van der Waals surface area (Å²) in [5.74, 6) is 0. The molecule has 1 nitrogen and oxygen atoms in total. The van der Waals surface area contributed by atoms with Crippen molar-refractivity contribution in [2.45, 2.75) is 64.4 Å². The molecule has 0 aliphatic carbocycles. The molecule has 1 aliphatic heterocycles. The highest BCUT2D eigenvalue weighted by Crippen LogP contribution is 2.13. The van der Waals surface area contributed by atoms with Crippen molar-refractivity contribution in [3.63, 3.8) is 0 Å². The fraction of sp³-hybridized carbons (Fsp3) is 0.846. The molecule has 1 heterocycles. The van der Waals surface area contributed by atoms with E-state index in [2.05, 4.69) is 19.1 Å². The van der Waals surface area contributed by atoms with E-state index in [9.17, 15) is 0 Å². The molecule has 0 saturated carbocycles. The van der Waals surface area contributed by atoms with E-state index in [1.54, 1.807) is 0 Å². The molecule has 82 valence electrons. The molecule has 0 fully saturated rings. The van der Waals surface area contributed by atoms with Gasteiger partial charge >= 0.3 is 0 Å². The summed E-state index contributed by atoms with van der Waals surface area (Å²) in [6.07, 6.45) is 15.5. The molecule has 0 aromatic rings. The summed E-state index contributed by atoms with van der Waals surface area (Å²) in [6, 6.07) is 0. The van der Waals surface area contributed by atoms with Crippen LogP contribution >= 0.6 is 0 Å². The van der Waals surface area contributed by atoms with Crippen LogP contribution in [0, 0.1) is 0 Å². The van der Waals surface area contributed by atoms with Gasteiger partial charge in [-0.1, -0.05) is 57.6 Å². The summed E-state index contributed by atoms with van der Waals surface area (Å²) in [4.78, 5) is 0. The summed E-state index contributed by atoms with van der Waals surface area (Å²) < 4.78 is 5.62. The Balaban J connectivity index is 1.88. The van der Waals surface area contributed by atoms with E-state index in [0.29, 0.717) is 6.10 Å². The van der Waals surface area contributed by atoms with Crippen LogP contribution in [0.1, 0.15) is 58.3 Å². The highest BCUT2D eigenvalue weighted by molar-refractivity contribution is 4.92. The third kappa shape index (κ3) is 5.43. The molecular formula is C13H24O. The van der Waals surface area contributed by atoms with Gasteiger partial charge in [-0.15, -0.1) is 0 Å². The lowest BCUT2D eigenvalue weighted by atomic mass is 10.1. The van der Waals surface area contributed by atoms with Gasteiger partial charge in [0, 0.05) is 0 Å². The Hall–Kier alpha value is -0.300. The van der Waals surface area contributed by atoms with Crippen LogP contribution in [-0.4, -0.2) is 12.7 Å². The molecule has 0 bridgehead atoms. The molecule has 1 heteroatoms. The summed E-state index contributed by atoms with van der Waals surface area (Å²) in [6.45, 7) is 3.19. The number of unbranched alkanes of at least 4 members (excludes halogenated alkanes) is 5. The molecule has 1 unspecified atom stereocenters. The average molecular weight is 196 g/mol. The zero-order valence-corrected chi connectivity index (χ0v) is 9.50. The van der Waals surface area contributed by atoms with Gasteiger partial charge in [-0.3, -0.25) is 0 Å². The second-order valence-electron chi connectivity index (χ2n) is 4.18. The van der Waals surface area contributed by atoms with Gasteiger partial charge in [0.1, 0.15) is 0 Å². The Bertz CT molecular complexity index is 151. The molecule has 0 saturated heterocycles. The first kappa shape index (κ1) is 11.8. The maximum absolute atomic E-state index is 5.62. The Morgan fingerprint density at radius 2 is 1.93 bits per heavy atom. The minimum Gasteiger partial charge on any atom is -0.374 e. The SMILES string of the molecule is CCCCCCCCC1C=CCCO1. The molecule has 0 radical (unpaired) electrons. The molecule has 14 heavy (non-hydrogen) atoms. The van der Waals surface area contributed by atoms with Crippen LogP contribution in [0.3, 0.4) is 0 Å². The van der Waals surface area contributed by atoms with E-state index >= 15 is 0 Å². The fourth-order valence-electron chi connectivity index (χ4n) is 1.90. The second-order valence-corrected chi connectivity index (χ2v) is 4.18. The lowest BCUT2D eigenvalue weighted by molar-refractivity contribution is 0.0725. The van der Waals surface area contributed by atoms with E-state index < -0.39 is 0 Å².